The Morgan fingerprint density at radius 2 is 0.381 bits per heavy atom. The zero-order valence-corrected chi connectivity index (χ0v) is 12.0. The van der Waals surface area contributed by atoms with E-state index in [4.69, 9.17) is 75.0 Å². The third-order valence-corrected chi connectivity index (χ3v) is 0. The molecular weight excluding hydrogens is 323 g/mol. The molecule has 0 unspecified atom stereocenters. The van der Waals surface area contributed by atoms with E-state index in [2.05, 4.69) is 0 Å². The zero-order chi connectivity index (χ0) is 17.9. The Morgan fingerprint density at radius 1 is 0.381 bits per heavy atom. The van der Waals surface area contributed by atoms with Crippen molar-refractivity contribution in [2.24, 2.45) is 0 Å². The van der Waals surface area contributed by atoms with E-state index in [0.29, 0.717) is 0 Å². The number of rotatable bonds is 0. The minimum absolute atomic E-state index is 0. The van der Waals surface area contributed by atoms with E-state index in [1.807, 2.05) is 0 Å². The molecule has 21 heavy (non-hydrogen) atoms. The number of carbonyl (C=O) groups is 5. The van der Waals surface area contributed by atoms with Gasteiger partial charge in [0.05, 0.1) is 0 Å². The van der Waals surface area contributed by atoms with E-state index in [0.717, 1.165) is 0 Å². The molecule has 0 saturated heterocycles. The second-order valence-corrected chi connectivity index (χ2v) is 1.41. The molecule has 0 aliphatic rings. The van der Waals surface area contributed by atoms with Crippen LogP contribution < -0.4 is 29.6 Å². The SMILES string of the molecule is O=C(O)O.O=C(O)O.O=C(O)O.O=C(O)O.O=C(O)O.[H-].[Na+]. The van der Waals surface area contributed by atoms with Gasteiger partial charge in [-0.3, -0.25) is 0 Å². The van der Waals surface area contributed by atoms with Crippen LogP contribution in [0.15, 0.2) is 0 Å². The van der Waals surface area contributed by atoms with E-state index < -0.39 is 30.8 Å². The summed E-state index contributed by atoms with van der Waals surface area (Å²) in [6.45, 7) is 0. The van der Waals surface area contributed by atoms with E-state index in [1.165, 1.54) is 0 Å². The van der Waals surface area contributed by atoms with Crippen molar-refractivity contribution in [1.29, 1.82) is 0 Å². The van der Waals surface area contributed by atoms with E-state index >= 15 is 0 Å². The molecule has 0 fully saturated rings. The number of hydrogen-bond donors (Lipinski definition) is 10. The van der Waals surface area contributed by atoms with Crippen molar-refractivity contribution in [2.45, 2.75) is 0 Å². The Bertz CT molecular complexity index is 213. The molecule has 0 aromatic heterocycles. The minimum atomic E-state index is -1.83. The maximum atomic E-state index is 8.56. The van der Waals surface area contributed by atoms with Gasteiger partial charge in [-0.2, -0.15) is 0 Å². The standard InChI is InChI=1S/5CH2O3.Na.H/c5*2-1(3)4;;/h5*(H2,2,3,4);;/q;;;;;+1;-1. The van der Waals surface area contributed by atoms with Crippen molar-refractivity contribution in [2.75, 3.05) is 0 Å². The van der Waals surface area contributed by atoms with Crippen LogP contribution in [0.25, 0.3) is 0 Å². The summed E-state index contributed by atoms with van der Waals surface area (Å²) in [6.07, 6.45) is -9.17. The molecule has 0 amide bonds. The predicted molar refractivity (Wildman–Crippen MR) is 54.4 cm³/mol. The second kappa shape index (κ2) is 30.4. The van der Waals surface area contributed by atoms with E-state index in [9.17, 15) is 0 Å². The van der Waals surface area contributed by atoms with Crippen LogP contribution in [0.4, 0.5) is 24.0 Å². The van der Waals surface area contributed by atoms with Crippen LogP contribution in [0.3, 0.4) is 0 Å². The smallest absolute Gasteiger partial charge is 1.00 e. The van der Waals surface area contributed by atoms with Crippen molar-refractivity contribution >= 4 is 30.8 Å². The maximum absolute atomic E-state index is 8.56. The average Bonchev–Trinajstić information content (AvgIpc) is 1.94. The van der Waals surface area contributed by atoms with Crippen LogP contribution in [0.1, 0.15) is 1.43 Å². The van der Waals surface area contributed by atoms with Gasteiger partial charge < -0.3 is 52.5 Å². The molecule has 122 valence electrons. The van der Waals surface area contributed by atoms with Gasteiger partial charge in [0.2, 0.25) is 0 Å². The summed E-state index contributed by atoms with van der Waals surface area (Å²) in [4.78, 5) is 42.8. The van der Waals surface area contributed by atoms with Crippen molar-refractivity contribution in [3.8, 4) is 0 Å². The molecule has 16 heteroatoms. The molecular formula is C5H11NaO15. The van der Waals surface area contributed by atoms with Crippen molar-refractivity contribution < 1.29 is 106 Å². The summed E-state index contributed by atoms with van der Waals surface area (Å²) < 4.78 is 0. The maximum Gasteiger partial charge on any atom is 1.00 e. The first-order chi connectivity index (χ1) is 8.66. The third-order valence-electron chi connectivity index (χ3n) is 0. The Kier molecular flexibility index (Phi) is 52.4. The van der Waals surface area contributed by atoms with Crippen LogP contribution in [-0.4, -0.2) is 81.8 Å². The number of hydrogen-bond acceptors (Lipinski definition) is 5. The molecule has 15 nitrogen and oxygen atoms in total. The predicted octanol–water partition coefficient (Wildman–Crippen LogP) is -1.77. The molecule has 0 radical (unpaired) electrons. The molecule has 0 spiro atoms. The van der Waals surface area contributed by atoms with Gasteiger partial charge in [-0.15, -0.1) is 0 Å². The van der Waals surface area contributed by atoms with Crippen molar-refractivity contribution in [3.63, 3.8) is 0 Å². The minimum Gasteiger partial charge on any atom is -1.00 e. The van der Waals surface area contributed by atoms with Crippen LogP contribution >= 0.6 is 0 Å². The molecule has 0 aromatic carbocycles. The monoisotopic (exact) mass is 334 g/mol. The van der Waals surface area contributed by atoms with Gasteiger partial charge in [-0.1, -0.05) is 0 Å². The normalized spacial score (nSPS) is 5.71. The summed E-state index contributed by atoms with van der Waals surface area (Å²) in [5.74, 6) is 0. The molecule has 0 bridgehead atoms. The van der Waals surface area contributed by atoms with Crippen molar-refractivity contribution in [1.82, 2.24) is 0 Å². The quantitative estimate of drug-likeness (QED) is 0.219. The topological polar surface area (TPSA) is 288 Å². The van der Waals surface area contributed by atoms with E-state index in [-0.39, 0.29) is 31.0 Å². The third kappa shape index (κ3) is 582. The molecule has 0 atom stereocenters. The summed E-state index contributed by atoms with van der Waals surface area (Å²) in [7, 11) is 0. The van der Waals surface area contributed by atoms with Gasteiger partial charge in [0.15, 0.2) is 0 Å². The Labute approximate surface area is 137 Å². The Morgan fingerprint density at radius 3 is 0.381 bits per heavy atom. The first-order valence-electron chi connectivity index (χ1n) is 3.26. The molecule has 0 aromatic rings. The first-order valence-corrected chi connectivity index (χ1v) is 3.26. The molecule has 0 saturated carbocycles. The van der Waals surface area contributed by atoms with Crippen LogP contribution in [-0.2, 0) is 0 Å². The summed E-state index contributed by atoms with van der Waals surface area (Å²) in [6, 6.07) is 0. The molecule has 0 rings (SSSR count). The van der Waals surface area contributed by atoms with Gasteiger partial charge in [-0.25, -0.2) is 24.0 Å². The fourth-order valence-electron chi connectivity index (χ4n) is 0. The van der Waals surface area contributed by atoms with Gasteiger partial charge in [-0.05, 0) is 0 Å². The first kappa shape index (κ1) is 36.2. The molecule has 10 N–H and O–H groups in total. The fourth-order valence-corrected chi connectivity index (χ4v) is 0. The van der Waals surface area contributed by atoms with E-state index in [1.54, 1.807) is 0 Å². The summed E-state index contributed by atoms with van der Waals surface area (Å²) in [5.41, 5.74) is 0. The fraction of sp³-hybridized carbons (Fsp3) is 0. The molecule has 0 aliphatic carbocycles. The largest absolute Gasteiger partial charge is 1.00 e. The van der Waals surface area contributed by atoms with Crippen LogP contribution in [0.2, 0.25) is 0 Å². The van der Waals surface area contributed by atoms with Gasteiger partial charge >= 0.3 is 60.3 Å². The number of carboxylic acid groups (broad SMARTS) is 10. The average molecular weight is 334 g/mol. The Hall–Kier alpha value is -2.65. The van der Waals surface area contributed by atoms with Crippen molar-refractivity contribution in [3.05, 3.63) is 0 Å². The van der Waals surface area contributed by atoms with Gasteiger partial charge in [0.1, 0.15) is 0 Å². The summed E-state index contributed by atoms with van der Waals surface area (Å²) in [5, 5.41) is 69.7. The van der Waals surface area contributed by atoms with Crippen LogP contribution in [0.5, 0.6) is 0 Å². The molecule has 0 heterocycles. The van der Waals surface area contributed by atoms with Crippen LogP contribution in [0, 0.1) is 0 Å². The Balaban J connectivity index is -0.0000000250. The summed E-state index contributed by atoms with van der Waals surface area (Å²) >= 11 is 0. The second-order valence-electron chi connectivity index (χ2n) is 1.41. The van der Waals surface area contributed by atoms with Gasteiger partial charge in [0, 0.05) is 0 Å². The zero-order valence-electron chi connectivity index (χ0n) is 11.0. The molecule has 0 aliphatic heterocycles. The van der Waals surface area contributed by atoms with Gasteiger partial charge in [0.25, 0.3) is 0 Å².